The summed E-state index contributed by atoms with van der Waals surface area (Å²) in [6, 6.07) is 4.46. The number of hydrogen-bond donors (Lipinski definition) is 1. The van der Waals surface area contributed by atoms with Crippen molar-refractivity contribution in [2.75, 3.05) is 29.1 Å². The fraction of sp³-hybridized carbons (Fsp3) is 0.526. The molecule has 4 rings (SSSR count). The number of rotatable bonds is 7. The van der Waals surface area contributed by atoms with Gasteiger partial charge in [0.2, 0.25) is 11.9 Å². The van der Waals surface area contributed by atoms with Crippen LogP contribution in [-0.2, 0) is 4.79 Å². The van der Waals surface area contributed by atoms with E-state index in [0.29, 0.717) is 16.2 Å². The van der Waals surface area contributed by atoms with Gasteiger partial charge in [0.05, 0.1) is 10.7 Å². The summed E-state index contributed by atoms with van der Waals surface area (Å²) in [5.41, 5.74) is -0.106. The van der Waals surface area contributed by atoms with Crippen LogP contribution in [0, 0.1) is 16.0 Å². The zero-order chi connectivity index (χ0) is 21.3. The Kier molecular flexibility index (Phi) is 6.14. The van der Waals surface area contributed by atoms with Gasteiger partial charge in [-0.25, -0.2) is 0 Å². The van der Waals surface area contributed by atoms with Gasteiger partial charge >= 0.3 is 0 Å². The number of halogens is 1. The molecule has 1 aliphatic heterocycles. The second-order valence-corrected chi connectivity index (χ2v) is 9.19. The third kappa shape index (κ3) is 4.70. The third-order valence-electron chi connectivity index (χ3n) is 5.39. The molecule has 9 nitrogen and oxygen atoms in total. The topological polar surface area (TPSA) is 106 Å². The van der Waals surface area contributed by atoms with Gasteiger partial charge in [-0.15, -0.1) is 10.2 Å². The number of piperidine rings is 1. The highest BCUT2D eigenvalue weighted by Gasteiger charge is 2.32. The summed E-state index contributed by atoms with van der Waals surface area (Å²) in [7, 11) is 0. The van der Waals surface area contributed by atoms with Crippen molar-refractivity contribution in [2.45, 2.75) is 43.8 Å². The van der Waals surface area contributed by atoms with Gasteiger partial charge in [0.15, 0.2) is 5.16 Å². The fourth-order valence-electron chi connectivity index (χ4n) is 3.53. The maximum atomic E-state index is 12.4. The van der Waals surface area contributed by atoms with Crippen LogP contribution < -0.4 is 10.2 Å². The lowest BCUT2D eigenvalue weighted by atomic mass is 10.00. The van der Waals surface area contributed by atoms with E-state index >= 15 is 0 Å². The Morgan fingerprint density at radius 3 is 2.70 bits per heavy atom. The Morgan fingerprint density at radius 2 is 2.03 bits per heavy atom. The number of aromatic nitrogens is 3. The molecule has 1 N–H and O–H groups in total. The molecule has 2 heterocycles. The van der Waals surface area contributed by atoms with Gasteiger partial charge in [-0.3, -0.25) is 19.5 Å². The van der Waals surface area contributed by atoms with Crippen LogP contribution in [0.2, 0.25) is 5.02 Å². The summed E-state index contributed by atoms with van der Waals surface area (Å²) in [5, 5.41) is 23.5. The summed E-state index contributed by atoms with van der Waals surface area (Å²) in [4.78, 5) is 25.4. The van der Waals surface area contributed by atoms with Gasteiger partial charge in [0, 0.05) is 30.2 Å². The number of amides is 1. The summed E-state index contributed by atoms with van der Waals surface area (Å²) in [5.74, 6) is 1.33. The molecule has 11 heteroatoms. The van der Waals surface area contributed by atoms with Crippen LogP contribution in [-0.4, -0.2) is 44.4 Å². The molecule has 1 aromatic heterocycles. The molecule has 1 saturated heterocycles. The smallest absolute Gasteiger partial charge is 0.292 e. The highest BCUT2D eigenvalue weighted by Crippen LogP contribution is 2.41. The van der Waals surface area contributed by atoms with Gasteiger partial charge in [-0.05, 0) is 43.7 Å². The zero-order valence-electron chi connectivity index (χ0n) is 16.6. The van der Waals surface area contributed by atoms with E-state index in [1.54, 1.807) is 0 Å². The molecule has 0 bridgehead atoms. The average molecular weight is 451 g/mol. The minimum Gasteiger partial charge on any atom is -0.341 e. The molecule has 0 unspecified atom stereocenters. The lowest BCUT2D eigenvalue weighted by Gasteiger charge is -2.31. The molecule has 2 aromatic rings. The molecule has 30 heavy (non-hydrogen) atoms. The predicted octanol–water partition coefficient (Wildman–Crippen LogP) is 4.14. The maximum absolute atomic E-state index is 12.4. The van der Waals surface area contributed by atoms with Crippen LogP contribution in [0.15, 0.2) is 23.4 Å². The zero-order valence-corrected chi connectivity index (χ0v) is 18.2. The molecule has 1 aromatic carbocycles. The number of nitro groups is 1. The highest BCUT2D eigenvalue weighted by atomic mass is 35.5. The van der Waals surface area contributed by atoms with Crippen molar-refractivity contribution >= 4 is 46.6 Å². The van der Waals surface area contributed by atoms with Crippen LogP contribution in [0.4, 0.5) is 17.3 Å². The lowest BCUT2D eigenvalue weighted by Crippen LogP contribution is -2.34. The van der Waals surface area contributed by atoms with Crippen LogP contribution in [0.5, 0.6) is 0 Å². The molecule has 2 fully saturated rings. The van der Waals surface area contributed by atoms with E-state index in [9.17, 15) is 14.9 Å². The van der Waals surface area contributed by atoms with Gasteiger partial charge < -0.3 is 10.2 Å². The van der Waals surface area contributed by atoms with Crippen LogP contribution in [0.1, 0.15) is 38.6 Å². The number of anilines is 2. The molecule has 160 valence electrons. The van der Waals surface area contributed by atoms with E-state index in [4.69, 9.17) is 11.6 Å². The summed E-state index contributed by atoms with van der Waals surface area (Å²) < 4.78 is 2.15. The number of nitrogens with zero attached hydrogens (tertiary/aromatic N) is 5. The van der Waals surface area contributed by atoms with Gasteiger partial charge in [-0.2, -0.15) is 0 Å². The SMILES string of the molecule is CC1CCN(c2nnc(SCC(=O)Nc3cc(Cl)ccc3[N+](=O)[O-])n2C2CC2)CC1. The number of hydrogen-bond acceptors (Lipinski definition) is 7. The summed E-state index contributed by atoms with van der Waals surface area (Å²) >= 11 is 7.22. The van der Waals surface area contributed by atoms with E-state index in [2.05, 4.69) is 31.9 Å². The first-order valence-electron chi connectivity index (χ1n) is 9.99. The summed E-state index contributed by atoms with van der Waals surface area (Å²) in [6.45, 7) is 4.21. The maximum Gasteiger partial charge on any atom is 0.292 e. The second kappa shape index (κ2) is 8.81. The second-order valence-electron chi connectivity index (χ2n) is 7.81. The van der Waals surface area contributed by atoms with Crippen molar-refractivity contribution in [3.8, 4) is 0 Å². The van der Waals surface area contributed by atoms with Gasteiger partial charge in [0.1, 0.15) is 5.69 Å². The molecule has 1 aliphatic carbocycles. The number of thioether (sulfide) groups is 1. The first-order valence-corrected chi connectivity index (χ1v) is 11.3. The van der Waals surface area contributed by atoms with Gasteiger partial charge in [-0.1, -0.05) is 30.3 Å². The Balaban J connectivity index is 1.44. The van der Waals surface area contributed by atoms with Crippen molar-refractivity contribution in [1.29, 1.82) is 0 Å². The van der Waals surface area contributed by atoms with Crippen molar-refractivity contribution in [2.24, 2.45) is 5.92 Å². The molecule has 1 amide bonds. The molecule has 1 saturated carbocycles. The minimum absolute atomic E-state index is 0.0750. The highest BCUT2D eigenvalue weighted by molar-refractivity contribution is 7.99. The number of nitro benzene ring substituents is 1. The molecule has 0 radical (unpaired) electrons. The van der Waals surface area contributed by atoms with Crippen molar-refractivity contribution in [3.63, 3.8) is 0 Å². The van der Waals surface area contributed by atoms with E-state index in [1.807, 2.05) is 0 Å². The van der Waals surface area contributed by atoms with Crippen molar-refractivity contribution < 1.29 is 9.72 Å². The predicted molar refractivity (Wildman–Crippen MR) is 116 cm³/mol. The average Bonchev–Trinajstić information content (AvgIpc) is 3.46. The van der Waals surface area contributed by atoms with E-state index in [1.165, 1.54) is 30.0 Å². The fourth-order valence-corrected chi connectivity index (χ4v) is 4.50. The van der Waals surface area contributed by atoms with Crippen molar-refractivity contribution in [1.82, 2.24) is 14.8 Å². The van der Waals surface area contributed by atoms with Gasteiger partial charge in [0.25, 0.3) is 5.69 Å². The standard InChI is InChI=1S/C19H23ClN6O3S/c1-12-6-8-24(9-7-12)18-22-23-19(25(18)14-3-4-14)30-11-17(27)21-15-10-13(20)2-5-16(15)26(28)29/h2,5,10,12,14H,3-4,6-9,11H2,1H3,(H,21,27). The van der Waals surface area contributed by atoms with E-state index in [0.717, 1.165) is 50.6 Å². The van der Waals surface area contributed by atoms with Crippen LogP contribution in [0.25, 0.3) is 0 Å². The number of carbonyl (C=O) groups is 1. The normalized spacial score (nSPS) is 17.2. The largest absolute Gasteiger partial charge is 0.341 e. The first-order chi connectivity index (χ1) is 14.4. The Hall–Kier alpha value is -2.33. The lowest BCUT2D eigenvalue weighted by molar-refractivity contribution is -0.383. The Bertz CT molecular complexity index is 956. The minimum atomic E-state index is -0.547. The van der Waals surface area contributed by atoms with Crippen molar-refractivity contribution in [3.05, 3.63) is 33.3 Å². The molecule has 0 spiro atoms. The van der Waals surface area contributed by atoms with Crippen LogP contribution in [0.3, 0.4) is 0 Å². The Morgan fingerprint density at radius 1 is 1.30 bits per heavy atom. The van der Waals surface area contributed by atoms with E-state index in [-0.39, 0.29) is 23.0 Å². The molecular formula is C19H23ClN6O3S. The monoisotopic (exact) mass is 450 g/mol. The molecule has 2 aliphatic rings. The third-order valence-corrected chi connectivity index (χ3v) is 6.56. The Labute approximate surface area is 183 Å². The summed E-state index contributed by atoms with van der Waals surface area (Å²) in [6.07, 6.45) is 4.45. The van der Waals surface area contributed by atoms with E-state index < -0.39 is 4.92 Å². The molecular weight excluding hydrogens is 428 g/mol. The quantitative estimate of drug-likeness (QED) is 0.383. The number of nitrogens with one attached hydrogen (secondary N) is 1. The van der Waals surface area contributed by atoms with Crippen LogP contribution >= 0.6 is 23.4 Å². The number of benzene rings is 1. The number of carbonyl (C=O) groups excluding carboxylic acids is 1. The molecule has 0 atom stereocenters. The first kappa shape index (κ1) is 20.9.